The standard InChI is InChI=1S/C14H22N2O/c1-13(2,3)10-8-7-9-11(12(10)17)15-16-14(4,5)6/h7-9,17H,1-6H3. The normalized spacial score (nSPS) is 13.3. The van der Waals surface area contributed by atoms with Crippen LogP contribution in [-0.4, -0.2) is 10.6 Å². The highest BCUT2D eigenvalue weighted by molar-refractivity contribution is 5.56. The average molecular weight is 234 g/mol. The van der Waals surface area contributed by atoms with Crippen LogP contribution in [0, 0.1) is 0 Å². The van der Waals surface area contributed by atoms with Gasteiger partial charge in [0, 0.05) is 5.56 Å². The fourth-order valence-electron chi connectivity index (χ4n) is 1.42. The highest BCUT2D eigenvalue weighted by atomic mass is 16.3. The van der Waals surface area contributed by atoms with Crippen LogP contribution in [0.25, 0.3) is 0 Å². The van der Waals surface area contributed by atoms with E-state index in [2.05, 4.69) is 31.0 Å². The van der Waals surface area contributed by atoms with E-state index in [0.29, 0.717) is 5.69 Å². The van der Waals surface area contributed by atoms with Crippen molar-refractivity contribution in [1.82, 2.24) is 0 Å². The summed E-state index contributed by atoms with van der Waals surface area (Å²) in [7, 11) is 0. The van der Waals surface area contributed by atoms with Crippen LogP contribution in [0.4, 0.5) is 5.69 Å². The lowest BCUT2D eigenvalue weighted by molar-refractivity contribution is 0.446. The Kier molecular flexibility index (Phi) is 3.60. The minimum atomic E-state index is -0.232. The third kappa shape index (κ3) is 3.84. The summed E-state index contributed by atoms with van der Waals surface area (Å²) in [5.41, 5.74) is 1.09. The number of phenols is 1. The number of hydrogen-bond acceptors (Lipinski definition) is 3. The molecule has 0 spiro atoms. The molecule has 0 radical (unpaired) electrons. The third-order valence-corrected chi connectivity index (χ3v) is 2.28. The van der Waals surface area contributed by atoms with Gasteiger partial charge in [-0.1, -0.05) is 32.9 Å². The van der Waals surface area contributed by atoms with E-state index in [9.17, 15) is 5.11 Å². The fraction of sp³-hybridized carbons (Fsp3) is 0.571. The third-order valence-electron chi connectivity index (χ3n) is 2.28. The van der Waals surface area contributed by atoms with Gasteiger partial charge in [0.2, 0.25) is 0 Å². The van der Waals surface area contributed by atoms with Crippen molar-refractivity contribution < 1.29 is 5.11 Å². The van der Waals surface area contributed by atoms with Gasteiger partial charge in [0.25, 0.3) is 0 Å². The maximum Gasteiger partial charge on any atom is 0.146 e. The molecule has 0 heterocycles. The monoisotopic (exact) mass is 234 g/mol. The lowest BCUT2D eigenvalue weighted by Gasteiger charge is -2.20. The van der Waals surface area contributed by atoms with Gasteiger partial charge in [-0.25, -0.2) is 0 Å². The van der Waals surface area contributed by atoms with E-state index in [4.69, 9.17) is 0 Å². The number of nitrogens with zero attached hydrogens (tertiary/aromatic N) is 2. The summed E-state index contributed by atoms with van der Waals surface area (Å²) in [4.78, 5) is 0. The summed E-state index contributed by atoms with van der Waals surface area (Å²) < 4.78 is 0. The van der Waals surface area contributed by atoms with Gasteiger partial charge in [-0.2, -0.15) is 10.2 Å². The SMILES string of the molecule is CC(C)(C)N=Nc1cccc(C(C)(C)C)c1O. The lowest BCUT2D eigenvalue weighted by Crippen LogP contribution is -2.11. The van der Waals surface area contributed by atoms with Crippen molar-refractivity contribution in [3.8, 4) is 5.75 Å². The van der Waals surface area contributed by atoms with Crippen molar-refractivity contribution in [3.05, 3.63) is 23.8 Å². The lowest BCUT2D eigenvalue weighted by atomic mass is 9.86. The summed E-state index contributed by atoms with van der Waals surface area (Å²) in [6, 6.07) is 5.60. The Morgan fingerprint density at radius 1 is 1.00 bits per heavy atom. The van der Waals surface area contributed by atoms with Gasteiger partial charge in [-0.3, -0.25) is 0 Å². The van der Waals surface area contributed by atoms with Crippen LogP contribution < -0.4 is 0 Å². The van der Waals surface area contributed by atoms with E-state index in [1.807, 2.05) is 32.9 Å². The second-order valence-corrected chi connectivity index (χ2v) is 6.29. The topological polar surface area (TPSA) is 45.0 Å². The van der Waals surface area contributed by atoms with Gasteiger partial charge in [0.15, 0.2) is 0 Å². The Morgan fingerprint density at radius 3 is 2.06 bits per heavy atom. The number of para-hydroxylation sites is 1. The quantitative estimate of drug-likeness (QED) is 0.711. The van der Waals surface area contributed by atoms with Crippen LogP contribution in [0.3, 0.4) is 0 Å². The molecule has 3 heteroatoms. The van der Waals surface area contributed by atoms with Crippen LogP contribution in [0.15, 0.2) is 28.4 Å². The maximum absolute atomic E-state index is 10.2. The van der Waals surface area contributed by atoms with Crippen molar-refractivity contribution in [2.45, 2.75) is 52.5 Å². The highest BCUT2D eigenvalue weighted by Gasteiger charge is 2.20. The zero-order valence-corrected chi connectivity index (χ0v) is 11.6. The summed E-state index contributed by atoms with van der Waals surface area (Å²) in [6.07, 6.45) is 0. The molecule has 17 heavy (non-hydrogen) atoms. The van der Waals surface area contributed by atoms with E-state index in [0.717, 1.165) is 5.56 Å². The van der Waals surface area contributed by atoms with Gasteiger partial charge in [0.1, 0.15) is 11.4 Å². The maximum atomic E-state index is 10.2. The molecule has 0 aromatic heterocycles. The molecule has 1 rings (SSSR count). The van der Waals surface area contributed by atoms with E-state index in [1.54, 1.807) is 6.07 Å². The summed E-state index contributed by atoms with van der Waals surface area (Å²) >= 11 is 0. The summed E-state index contributed by atoms with van der Waals surface area (Å²) in [5, 5.41) is 18.5. The first-order valence-corrected chi connectivity index (χ1v) is 5.86. The summed E-state index contributed by atoms with van der Waals surface area (Å²) in [5.74, 6) is 0.230. The molecule has 3 nitrogen and oxygen atoms in total. The number of rotatable bonds is 1. The van der Waals surface area contributed by atoms with Crippen LogP contribution in [0.2, 0.25) is 0 Å². The zero-order chi connectivity index (χ0) is 13.3. The van der Waals surface area contributed by atoms with Crippen LogP contribution >= 0.6 is 0 Å². The fourth-order valence-corrected chi connectivity index (χ4v) is 1.42. The zero-order valence-electron chi connectivity index (χ0n) is 11.6. The number of azo groups is 1. The number of hydrogen-bond donors (Lipinski definition) is 1. The van der Waals surface area contributed by atoms with E-state index < -0.39 is 0 Å². The number of phenolic OH excluding ortho intramolecular Hbond substituents is 1. The van der Waals surface area contributed by atoms with E-state index >= 15 is 0 Å². The van der Waals surface area contributed by atoms with Crippen molar-refractivity contribution in [3.63, 3.8) is 0 Å². The number of aromatic hydroxyl groups is 1. The molecule has 0 saturated carbocycles. The minimum absolute atomic E-state index is 0.0999. The molecule has 0 aliphatic carbocycles. The van der Waals surface area contributed by atoms with Crippen molar-refractivity contribution >= 4 is 5.69 Å². The molecule has 0 aliphatic heterocycles. The smallest absolute Gasteiger partial charge is 0.146 e. The Hall–Kier alpha value is -1.38. The number of benzene rings is 1. The van der Waals surface area contributed by atoms with Gasteiger partial charge >= 0.3 is 0 Å². The second-order valence-electron chi connectivity index (χ2n) is 6.29. The molecule has 0 saturated heterocycles. The van der Waals surface area contributed by atoms with Gasteiger partial charge in [-0.05, 0) is 32.3 Å². The molecule has 0 fully saturated rings. The highest BCUT2D eigenvalue weighted by Crippen LogP contribution is 2.37. The second kappa shape index (κ2) is 4.47. The molecule has 94 valence electrons. The molecular formula is C14H22N2O. The minimum Gasteiger partial charge on any atom is -0.505 e. The largest absolute Gasteiger partial charge is 0.505 e. The van der Waals surface area contributed by atoms with Crippen LogP contribution in [0.5, 0.6) is 5.75 Å². The Balaban J connectivity index is 3.17. The Bertz CT molecular complexity index is 423. The predicted octanol–water partition coefficient (Wildman–Crippen LogP) is 4.57. The molecule has 0 atom stereocenters. The van der Waals surface area contributed by atoms with Gasteiger partial charge in [0.05, 0.1) is 5.54 Å². The first kappa shape index (κ1) is 13.7. The molecular weight excluding hydrogens is 212 g/mol. The molecule has 0 amide bonds. The average Bonchev–Trinajstić information content (AvgIpc) is 2.13. The molecule has 1 aromatic carbocycles. The van der Waals surface area contributed by atoms with E-state index in [1.165, 1.54) is 0 Å². The van der Waals surface area contributed by atoms with E-state index in [-0.39, 0.29) is 16.7 Å². The van der Waals surface area contributed by atoms with Crippen molar-refractivity contribution in [2.75, 3.05) is 0 Å². The first-order chi connectivity index (χ1) is 7.61. The van der Waals surface area contributed by atoms with Gasteiger partial charge < -0.3 is 5.11 Å². The van der Waals surface area contributed by atoms with Crippen molar-refractivity contribution in [2.24, 2.45) is 10.2 Å². The predicted molar refractivity (Wildman–Crippen MR) is 71.1 cm³/mol. The summed E-state index contributed by atoms with van der Waals surface area (Å²) in [6.45, 7) is 12.1. The molecule has 0 aliphatic rings. The van der Waals surface area contributed by atoms with Crippen LogP contribution in [-0.2, 0) is 5.41 Å². The Labute approximate surface area is 104 Å². The Morgan fingerprint density at radius 2 is 1.59 bits per heavy atom. The molecule has 0 unspecified atom stereocenters. The first-order valence-electron chi connectivity index (χ1n) is 5.86. The molecule has 1 aromatic rings. The molecule has 0 bridgehead atoms. The molecule has 1 N–H and O–H groups in total. The van der Waals surface area contributed by atoms with Crippen LogP contribution in [0.1, 0.15) is 47.1 Å². The van der Waals surface area contributed by atoms with Crippen molar-refractivity contribution in [1.29, 1.82) is 0 Å². The van der Waals surface area contributed by atoms with Gasteiger partial charge in [-0.15, -0.1) is 0 Å².